The molecule has 0 radical (unpaired) electrons. The van der Waals surface area contributed by atoms with Crippen LogP contribution in [0.5, 0.6) is 0 Å². The maximum atomic E-state index is 10.5. The lowest BCUT2D eigenvalue weighted by Crippen LogP contribution is -2.03. The van der Waals surface area contributed by atoms with Crippen molar-refractivity contribution in [3.05, 3.63) is 33.3 Å². The third-order valence-electron chi connectivity index (χ3n) is 1.90. The summed E-state index contributed by atoms with van der Waals surface area (Å²) in [5.41, 5.74) is 1.29. The number of aliphatic hydroxyl groups excluding tert-OH is 1. The molecule has 0 spiro atoms. The molecule has 2 N–H and O–H groups in total. The molecule has 1 aromatic carbocycles. The smallest absolute Gasteiger partial charge is 0.307 e. The fourth-order valence-electron chi connectivity index (χ4n) is 1.19. The van der Waals surface area contributed by atoms with E-state index in [4.69, 9.17) is 15.5 Å². The van der Waals surface area contributed by atoms with Crippen LogP contribution in [0.25, 0.3) is 0 Å². The number of carbonyl (C=O) groups is 1. The van der Waals surface area contributed by atoms with Gasteiger partial charge in [-0.05, 0) is 23.3 Å². The first kappa shape index (κ1) is 11.7. The summed E-state index contributed by atoms with van der Waals surface area (Å²) in [6.07, 6.45) is -0.201. The summed E-state index contributed by atoms with van der Waals surface area (Å²) in [6, 6.07) is 4.95. The van der Waals surface area contributed by atoms with E-state index >= 15 is 0 Å². The molecule has 1 rings (SSSR count). The number of halogens is 1. The van der Waals surface area contributed by atoms with E-state index in [1.54, 1.807) is 6.07 Å². The van der Waals surface area contributed by atoms with Crippen LogP contribution in [0, 0.1) is 11.3 Å². The molecule has 0 aliphatic heterocycles. The number of nitrogens with zero attached hydrogens (tertiary/aromatic N) is 1. The third kappa shape index (κ3) is 2.78. The van der Waals surface area contributed by atoms with Gasteiger partial charge >= 0.3 is 5.97 Å². The van der Waals surface area contributed by atoms with E-state index in [0.29, 0.717) is 15.6 Å². The van der Waals surface area contributed by atoms with Crippen molar-refractivity contribution in [1.82, 2.24) is 0 Å². The van der Waals surface area contributed by atoms with Gasteiger partial charge in [0, 0.05) is 4.47 Å². The predicted molar refractivity (Wildman–Crippen MR) is 56.1 cm³/mol. The van der Waals surface area contributed by atoms with Crippen LogP contribution in [0.15, 0.2) is 16.6 Å². The molecule has 0 fully saturated rings. The quantitative estimate of drug-likeness (QED) is 0.870. The maximum absolute atomic E-state index is 10.5. The summed E-state index contributed by atoms with van der Waals surface area (Å²) >= 11 is 3.20. The number of hydrogen-bond acceptors (Lipinski definition) is 3. The highest BCUT2D eigenvalue weighted by Gasteiger charge is 2.10. The van der Waals surface area contributed by atoms with Gasteiger partial charge in [-0.15, -0.1) is 0 Å². The highest BCUT2D eigenvalue weighted by Crippen LogP contribution is 2.22. The number of benzene rings is 1. The first-order valence-corrected chi connectivity index (χ1v) is 4.91. The number of carboxylic acids is 1. The molecule has 0 aliphatic carbocycles. The summed E-state index contributed by atoms with van der Waals surface area (Å²) in [4.78, 5) is 10.5. The number of aliphatic carboxylic acids is 1. The molecule has 5 heteroatoms. The molecule has 4 nitrogen and oxygen atoms in total. The average Bonchev–Trinajstić information content (AvgIpc) is 2.17. The number of hydrogen-bond donors (Lipinski definition) is 2. The van der Waals surface area contributed by atoms with E-state index in [-0.39, 0.29) is 18.6 Å². The number of aliphatic hydroxyl groups is 1. The monoisotopic (exact) mass is 269 g/mol. The summed E-state index contributed by atoms with van der Waals surface area (Å²) in [5.74, 6) is -0.991. The minimum Gasteiger partial charge on any atom is -0.481 e. The van der Waals surface area contributed by atoms with Crippen molar-refractivity contribution >= 4 is 21.9 Å². The van der Waals surface area contributed by atoms with Crippen molar-refractivity contribution in [2.24, 2.45) is 0 Å². The van der Waals surface area contributed by atoms with Gasteiger partial charge in [0.2, 0.25) is 0 Å². The largest absolute Gasteiger partial charge is 0.481 e. The van der Waals surface area contributed by atoms with Gasteiger partial charge in [-0.1, -0.05) is 15.9 Å². The van der Waals surface area contributed by atoms with Crippen LogP contribution in [0.2, 0.25) is 0 Å². The Morgan fingerprint density at radius 1 is 1.47 bits per heavy atom. The summed E-state index contributed by atoms with van der Waals surface area (Å²) in [5, 5.41) is 26.4. The number of carboxylic acid groups (broad SMARTS) is 1. The Labute approximate surface area is 94.9 Å². The van der Waals surface area contributed by atoms with Crippen molar-refractivity contribution in [3.63, 3.8) is 0 Å². The zero-order chi connectivity index (χ0) is 11.4. The first-order valence-electron chi connectivity index (χ1n) is 4.12. The lowest BCUT2D eigenvalue weighted by atomic mass is 10.0. The molecule has 0 aliphatic rings. The fraction of sp³-hybridized carbons (Fsp3) is 0.200. The minimum absolute atomic E-state index is 0.192. The van der Waals surface area contributed by atoms with Crippen molar-refractivity contribution in [1.29, 1.82) is 5.26 Å². The van der Waals surface area contributed by atoms with Gasteiger partial charge in [-0.25, -0.2) is 0 Å². The second-order valence-corrected chi connectivity index (χ2v) is 3.80. The van der Waals surface area contributed by atoms with Gasteiger partial charge in [-0.2, -0.15) is 5.26 Å². The molecule has 78 valence electrons. The first-order chi connectivity index (χ1) is 7.08. The summed E-state index contributed by atoms with van der Waals surface area (Å²) in [7, 11) is 0. The maximum Gasteiger partial charge on any atom is 0.307 e. The molecule has 0 aromatic heterocycles. The molecule has 0 heterocycles. The third-order valence-corrected chi connectivity index (χ3v) is 2.64. The molecule has 0 saturated heterocycles. The van der Waals surface area contributed by atoms with Crippen LogP contribution in [0.1, 0.15) is 16.7 Å². The number of nitriles is 1. The zero-order valence-corrected chi connectivity index (χ0v) is 9.28. The topological polar surface area (TPSA) is 81.3 Å². The van der Waals surface area contributed by atoms with Crippen molar-refractivity contribution in [2.45, 2.75) is 13.0 Å². The van der Waals surface area contributed by atoms with Crippen molar-refractivity contribution < 1.29 is 15.0 Å². The average molecular weight is 270 g/mol. The molecule has 1 aromatic rings. The summed E-state index contributed by atoms with van der Waals surface area (Å²) in [6.45, 7) is -0.192. The Morgan fingerprint density at radius 3 is 2.60 bits per heavy atom. The number of rotatable bonds is 3. The van der Waals surface area contributed by atoms with Gasteiger partial charge in [0.25, 0.3) is 0 Å². The van der Waals surface area contributed by atoms with Crippen LogP contribution >= 0.6 is 15.9 Å². The normalized spacial score (nSPS) is 9.67. The van der Waals surface area contributed by atoms with E-state index in [1.807, 2.05) is 6.07 Å². The molecule has 0 atom stereocenters. The zero-order valence-electron chi connectivity index (χ0n) is 7.70. The van der Waals surface area contributed by atoms with Crippen LogP contribution < -0.4 is 0 Å². The van der Waals surface area contributed by atoms with Crippen LogP contribution in [0.4, 0.5) is 0 Å². The molecule has 0 bridgehead atoms. The lowest BCUT2D eigenvalue weighted by molar-refractivity contribution is -0.136. The van der Waals surface area contributed by atoms with Gasteiger partial charge in [0.15, 0.2) is 0 Å². The van der Waals surface area contributed by atoms with E-state index in [9.17, 15) is 4.79 Å². The van der Waals surface area contributed by atoms with Gasteiger partial charge in [-0.3, -0.25) is 4.79 Å². The lowest BCUT2D eigenvalue weighted by Gasteiger charge is -2.06. The Bertz CT molecular complexity index is 437. The van der Waals surface area contributed by atoms with E-state index in [0.717, 1.165) is 0 Å². The SMILES string of the molecule is N#Cc1cc(CO)c(Br)cc1CC(=O)O. The fourth-order valence-corrected chi connectivity index (χ4v) is 1.71. The van der Waals surface area contributed by atoms with Crippen LogP contribution in [0.3, 0.4) is 0 Å². The Balaban J connectivity index is 3.22. The van der Waals surface area contributed by atoms with Gasteiger partial charge in [0.05, 0.1) is 24.7 Å². The molecule has 0 unspecified atom stereocenters. The Hall–Kier alpha value is -1.38. The highest BCUT2D eigenvalue weighted by molar-refractivity contribution is 9.10. The standard InChI is InChI=1S/C10H8BrNO3/c11-9-2-6(3-10(14)15)7(4-12)1-8(9)5-13/h1-2,13H,3,5H2,(H,14,15). The Kier molecular flexibility index (Phi) is 3.83. The van der Waals surface area contributed by atoms with Gasteiger partial charge in [0.1, 0.15) is 0 Å². The molecule has 0 amide bonds. The second kappa shape index (κ2) is 4.91. The molecular formula is C10H8BrNO3. The van der Waals surface area contributed by atoms with E-state index in [1.165, 1.54) is 6.07 Å². The van der Waals surface area contributed by atoms with E-state index < -0.39 is 5.97 Å². The molecule has 15 heavy (non-hydrogen) atoms. The van der Waals surface area contributed by atoms with Crippen LogP contribution in [-0.4, -0.2) is 16.2 Å². The second-order valence-electron chi connectivity index (χ2n) is 2.94. The van der Waals surface area contributed by atoms with Gasteiger partial charge < -0.3 is 10.2 Å². The highest BCUT2D eigenvalue weighted by atomic mass is 79.9. The van der Waals surface area contributed by atoms with Crippen LogP contribution in [-0.2, 0) is 17.8 Å². The van der Waals surface area contributed by atoms with Crippen molar-refractivity contribution in [2.75, 3.05) is 0 Å². The predicted octanol–water partition coefficient (Wildman–Crippen LogP) is 1.44. The minimum atomic E-state index is -0.991. The Morgan fingerprint density at radius 2 is 2.13 bits per heavy atom. The van der Waals surface area contributed by atoms with E-state index in [2.05, 4.69) is 15.9 Å². The molecule has 0 saturated carbocycles. The van der Waals surface area contributed by atoms with Crippen molar-refractivity contribution in [3.8, 4) is 6.07 Å². The summed E-state index contributed by atoms with van der Waals surface area (Å²) < 4.78 is 0.611. The molecular weight excluding hydrogens is 262 g/mol.